The Morgan fingerprint density at radius 2 is 1.81 bits per heavy atom. The average Bonchev–Trinajstić information content (AvgIpc) is 3.38. The second-order valence-corrected chi connectivity index (χ2v) is 6.79. The number of likely N-dealkylation sites (tertiary alicyclic amines) is 1. The Morgan fingerprint density at radius 3 is 2.56 bits per heavy atom. The highest BCUT2D eigenvalue weighted by molar-refractivity contribution is 5.93. The number of hydrogen-bond acceptors (Lipinski definition) is 5. The van der Waals surface area contributed by atoms with Crippen molar-refractivity contribution in [2.45, 2.75) is 25.8 Å². The molecule has 0 saturated carbocycles. The van der Waals surface area contributed by atoms with E-state index < -0.39 is 0 Å². The average molecular weight is 362 g/mol. The zero-order chi connectivity index (χ0) is 18.5. The van der Waals surface area contributed by atoms with Crippen molar-refractivity contribution in [3.05, 3.63) is 66.0 Å². The highest BCUT2D eigenvalue weighted by Gasteiger charge is 2.14. The first kappa shape index (κ1) is 17.4. The van der Waals surface area contributed by atoms with E-state index in [1.165, 1.54) is 18.4 Å². The maximum atomic E-state index is 12.5. The van der Waals surface area contributed by atoms with Crippen LogP contribution in [0.1, 0.15) is 24.0 Å². The van der Waals surface area contributed by atoms with E-state index in [9.17, 15) is 4.79 Å². The molecule has 1 saturated heterocycles. The van der Waals surface area contributed by atoms with Crippen molar-refractivity contribution >= 4 is 11.6 Å². The van der Waals surface area contributed by atoms with Crippen LogP contribution in [0.25, 0.3) is 5.69 Å². The van der Waals surface area contributed by atoms with Gasteiger partial charge in [0.15, 0.2) is 0 Å². The summed E-state index contributed by atoms with van der Waals surface area (Å²) < 4.78 is 1.58. The topological polar surface area (TPSA) is 75.9 Å². The van der Waals surface area contributed by atoms with Crippen LogP contribution in [-0.4, -0.2) is 44.1 Å². The van der Waals surface area contributed by atoms with Crippen molar-refractivity contribution in [3.8, 4) is 5.69 Å². The van der Waals surface area contributed by atoms with Crippen molar-refractivity contribution in [2.75, 3.05) is 18.4 Å². The number of aromatic nitrogens is 4. The number of hydrogen-bond donors (Lipinski definition) is 1. The van der Waals surface area contributed by atoms with Crippen LogP contribution in [0.5, 0.6) is 0 Å². The molecular weight excluding hydrogens is 340 g/mol. The Bertz CT molecular complexity index is 885. The van der Waals surface area contributed by atoms with Crippen LogP contribution < -0.4 is 5.32 Å². The minimum Gasteiger partial charge on any atom is -0.325 e. The van der Waals surface area contributed by atoms with Crippen molar-refractivity contribution in [1.82, 2.24) is 25.1 Å². The largest absolute Gasteiger partial charge is 0.325 e. The number of para-hydroxylation sites is 1. The van der Waals surface area contributed by atoms with E-state index in [2.05, 4.69) is 31.8 Å². The van der Waals surface area contributed by atoms with Gasteiger partial charge in [-0.15, -0.1) is 5.10 Å². The molecule has 3 aromatic rings. The number of tetrazole rings is 1. The smallest absolute Gasteiger partial charge is 0.228 e. The first-order valence-electron chi connectivity index (χ1n) is 9.20. The molecule has 2 aromatic carbocycles. The Morgan fingerprint density at radius 1 is 1.04 bits per heavy atom. The van der Waals surface area contributed by atoms with E-state index in [-0.39, 0.29) is 5.91 Å². The van der Waals surface area contributed by atoms with Gasteiger partial charge in [-0.2, -0.15) is 0 Å². The van der Waals surface area contributed by atoms with Crippen LogP contribution >= 0.6 is 0 Å². The molecule has 1 amide bonds. The summed E-state index contributed by atoms with van der Waals surface area (Å²) in [5.41, 5.74) is 3.88. The molecule has 0 aliphatic carbocycles. The molecule has 0 atom stereocenters. The number of benzene rings is 2. The van der Waals surface area contributed by atoms with Crippen molar-refractivity contribution in [1.29, 1.82) is 0 Å². The zero-order valence-electron chi connectivity index (χ0n) is 15.1. The quantitative estimate of drug-likeness (QED) is 0.729. The maximum Gasteiger partial charge on any atom is 0.228 e. The molecular formula is C20H22N6O. The van der Waals surface area contributed by atoms with Crippen LogP contribution in [0, 0.1) is 0 Å². The predicted molar refractivity (Wildman–Crippen MR) is 102 cm³/mol. The molecule has 1 aromatic heterocycles. The molecule has 0 unspecified atom stereocenters. The fourth-order valence-electron chi connectivity index (χ4n) is 3.39. The number of carbonyl (C=O) groups excluding carboxylic acids is 1. The molecule has 7 nitrogen and oxygen atoms in total. The van der Waals surface area contributed by atoms with Crippen LogP contribution in [0.15, 0.2) is 54.9 Å². The van der Waals surface area contributed by atoms with Crippen LogP contribution in [0.2, 0.25) is 0 Å². The standard InChI is InChI=1S/C20H22N6O/c27-20(13-16-7-9-18(10-8-16)26-15-21-23-24-26)22-19-6-2-1-5-17(19)14-25-11-3-4-12-25/h1-2,5-10,15H,3-4,11-14H2,(H,22,27). The third kappa shape index (κ3) is 4.38. The molecule has 2 heterocycles. The first-order chi connectivity index (χ1) is 13.3. The minimum absolute atomic E-state index is 0.0148. The Labute approximate surface area is 158 Å². The van der Waals surface area contributed by atoms with E-state index in [1.807, 2.05) is 42.5 Å². The Balaban J connectivity index is 1.39. The number of amides is 1. The molecule has 1 fully saturated rings. The summed E-state index contributed by atoms with van der Waals surface area (Å²) in [6.07, 6.45) is 4.39. The maximum absolute atomic E-state index is 12.5. The summed E-state index contributed by atoms with van der Waals surface area (Å²) in [4.78, 5) is 15.0. The number of nitrogens with one attached hydrogen (secondary N) is 1. The molecule has 0 radical (unpaired) electrons. The lowest BCUT2D eigenvalue weighted by molar-refractivity contribution is -0.115. The number of carbonyl (C=O) groups is 1. The van der Waals surface area contributed by atoms with Gasteiger partial charge >= 0.3 is 0 Å². The summed E-state index contributed by atoms with van der Waals surface area (Å²) in [5.74, 6) is -0.0148. The molecule has 4 rings (SSSR count). The molecule has 138 valence electrons. The fraction of sp³-hybridized carbons (Fsp3) is 0.300. The molecule has 27 heavy (non-hydrogen) atoms. The van der Waals surface area contributed by atoms with E-state index >= 15 is 0 Å². The highest BCUT2D eigenvalue weighted by Crippen LogP contribution is 2.20. The molecule has 0 bridgehead atoms. The molecule has 7 heteroatoms. The molecule has 1 aliphatic rings. The third-order valence-corrected chi connectivity index (χ3v) is 4.80. The summed E-state index contributed by atoms with van der Waals surface area (Å²) in [7, 11) is 0. The predicted octanol–water partition coefficient (Wildman–Crippen LogP) is 2.44. The van der Waals surface area contributed by atoms with E-state index in [0.29, 0.717) is 6.42 Å². The van der Waals surface area contributed by atoms with Crippen molar-refractivity contribution in [3.63, 3.8) is 0 Å². The van der Waals surface area contributed by atoms with E-state index in [0.717, 1.165) is 36.6 Å². The number of nitrogens with zero attached hydrogens (tertiary/aromatic N) is 5. The monoisotopic (exact) mass is 362 g/mol. The molecule has 1 N–H and O–H groups in total. The second-order valence-electron chi connectivity index (χ2n) is 6.79. The summed E-state index contributed by atoms with van der Waals surface area (Å²) in [5, 5.41) is 14.2. The van der Waals surface area contributed by atoms with Crippen LogP contribution in [0.4, 0.5) is 5.69 Å². The SMILES string of the molecule is O=C(Cc1ccc(-n2cnnn2)cc1)Nc1ccccc1CN1CCCC1. The van der Waals surface area contributed by atoms with E-state index in [4.69, 9.17) is 0 Å². The van der Waals surface area contributed by atoms with Gasteiger partial charge in [0.25, 0.3) is 0 Å². The van der Waals surface area contributed by atoms with Gasteiger partial charge in [-0.1, -0.05) is 30.3 Å². The zero-order valence-corrected chi connectivity index (χ0v) is 15.1. The summed E-state index contributed by atoms with van der Waals surface area (Å²) in [6, 6.07) is 15.7. The number of rotatable bonds is 6. The summed E-state index contributed by atoms with van der Waals surface area (Å²) >= 11 is 0. The third-order valence-electron chi connectivity index (χ3n) is 4.80. The van der Waals surface area contributed by atoms with Gasteiger partial charge in [-0.3, -0.25) is 9.69 Å². The highest BCUT2D eigenvalue weighted by atomic mass is 16.1. The van der Waals surface area contributed by atoms with Crippen LogP contribution in [0.3, 0.4) is 0 Å². The van der Waals surface area contributed by atoms with Crippen molar-refractivity contribution < 1.29 is 4.79 Å². The van der Waals surface area contributed by atoms with Gasteiger partial charge in [0.05, 0.1) is 12.1 Å². The summed E-state index contributed by atoms with van der Waals surface area (Å²) in [6.45, 7) is 3.16. The van der Waals surface area contributed by atoms with Crippen LogP contribution in [-0.2, 0) is 17.8 Å². The molecule has 0 spiro atoms. The van der Waals surface area contributed by atoms with Gasteiger partial charge in [-0.05, 0) is 65.7 Å². The van der Waals surface area contributed by atoms with Gasteiger partial charge in [0.1, 0.15) is 6.33 Å². The lowest BCUT2D eigenvalue weighted by atomic mass is 10.1. The van der Waals surface area contributed by atoms with Gasteiger partial charge < -0.3 is 5.32 Å². The fourth-order valence-corrected chi connectivity index (χ4v) is 3.39. The minimum atomic E-state index is -0.0148. The second kappa shape index (κ2) is 8.09. The number of anilines is 1. The first-order valence-corrected chi connectivity index (χ1v) is 9.20. The Kier molecular flexibility index (Phi) is 5.20. The van der Waals surface area contributed by atoms with Gasteiger partial charge in [0.2, 0.25) is 5.91 Å². The lowest BCUT2D eigenvalue weighted by Gasteiger charge is -2.18. The lowest BCUT2D eigenvalue weighted by Crippen LogP contribution is -2.21. The Hall–Kier alpha value is -3.06. The molecule has 1 aliphatic heterocycles. The van der Waals surface area contributed by atoms with Gasteiger partial charge in [-0.25, -0.2) is 4.68 Å². The van der Waals surface area contributed by atoms with Crippen molar-refractivity contribution in [2.24, 2.45) is 0 Å². The normalized spacial score (nSPS) is 14.4. The van der Waals surface area contributed by atoms with Gasteiger partial charge in [0, 0.05) is 12.2 Å². The van der Waals surface area contributed by atoms with E-state index in [1.54, 1.807) is 11.0 Å².